The van der Waals surface area contributed by atoms with E-state index in [4.69, 9.17) is 0 Å². The molecule has 1 atom stereocenters. The number of aliphatic imine (C=N–C) groups is 1. The summed E-state index contributed by atoms with van der Waals surface area (Å²) in [5.74, 6) is 1.36. The van der Waals surface area contributed by atoms with E-state index >= 15 is 0 Å². The molecule has 0 saturated carbocycles. The van der Waals surface area contributed by atoms with Crippen LogP contribution in [-0.2, 0) is 0 Å². The first-order valence-electron chi connectivity index (χ1n) is 14.4. The molecule has 4 aromatic rings. The van der Waals surface area contributed by atoms with E-state index in [-0.39, 0.29) is 11.8 Å². The number of rotatable bonds is 7. The molecule has 1 aromatic heterocycles. The number of carbonyl (C=O) groups is 1. The summed E-state index contributed by atoms with van der Waals surface area (Å²) in [6.45, 7) is 8.30. The van der Waals surface area contributed by atoms with Crippen LogP contribution in [0.3, 0.4) is 0 Å². The lowest BCUT2D eigenvalue weighted by Crippen LogP contribution is -2.42. The zero-order chi connectivity index (χ0) is 32.1. The molecule has 1 aliphatic rings. The van der Waals surface area contributed by atoms with Crippen LogP contribution in [0, 0.1) is 0 Å². The predicted molar refractivity (Wildman–Crippen MR) is 173 cm³/mol. The maximum absolute atomic E-state index is 13.0. The number of alkyl halides is 3. The summed E-state index contributed by atoms with van der Waals surface area (Å²) in [7, 11) is 0. The Kier molecular flexibility index (Phi) is 9.62. The molecule has 8 nitrogen and oxygen atoms in total. The van der Waals surface area contributed by atoms with Gasteiger partial charge in [-0.3, -0.25) is 0 Å². The molecular weight excluding hydrogens is 601 g/mol. The highest BCUT2D eigenvalue weighted by molar-refractivity contribution is 8.14. The SMILES string of the molecule is C/C(=C\c1ccc(-c2ncn(-c3ccc(OC(F)(F)F)cc3)n2)cc1)NC(=O)N=C1SCCC(C)N1c1ccccc1C(C)C. The summed E-state index contributed by atoms with van der Waals surface area (Å²) in [4.78, 5) is 24.0. The van der Waals surface area contributed by atoms with Gasteiger partial charge in [0.15, 0.2) is 11.0 Å². The van der Waals surface area contributed by atoms with Gasteiger partial charge in [0.1, 0.15) is 12.1 Å². The van der Waals surface area contributed by atoms with Crippen LogP contribution in [0.15, 0.2) is 89.8 Å². The van der Waals surface area contributed by atoms with Crippen molar-refractivity contribution in [2.75, 3.05) is 10.7 Å². The Bertz CT molecular complexity index is 1700. The summed E-state index contributed by atoms with van der Waals surface area (Å²) >= 11 is 1.59. The molecule has 1 aliphatic heterocycles. The fraction of sp³-hybridized carbons (Fsp3) is 0.273. The van der Waals surface area contributed by atoms with Crippen LogP contribution >= 0.6 is 11.8 Å². The van der Waals surface area contributed by atoms with Crippen LogP contribution in [0.25, 0.3) is 23.2 Å². The zero-order valence-electron chi connectivity index (χ0n) is 25.2. The van der Waals surface area contributed by atoms with Gasteiger partial charge in [-0.1, -0.05) is 68.1 Å². The fourth-order valence-corrected chi connectivity index (χ4v) is 6.15. The average molecular weight is 635 g/mol. The highest BCUT2D eigenvalue weighted by atomic mass is 32.2. The van der Waals surface area contributed by atoms with Gasteiger partial charge in [0.2, 0.25) is 0 Å². The van der Waals surface area contributed by atoms with Crippen molar-refractivity contribution in [3.63, 3.8) is 0 Å². The molecule has 1 fully saturated rings. The number of amides is 2. The molecule has 2 heterocycles. The van der Waals surface area contributed by atoms with Crippen LogP contribution in [-0.4, -0.2) is 44.1 Å². The minimum atomic E-state index is -4.75. The number of anilines is 1. The molecule has 1 saturated heterocycles. The molecule has 0 aliphatic carbocycles. The topological polar surface area (TPSA) is 84.6 Å². The first-order chi connectivity index (χ1) is 21.5. The van der Waals surface area contributed by atoms with Gasteiger partial charge in [-0.15, -0.1) is 18.3 Å². The van der Waals surface area contributed by atoms with Crippen molar-refractivity contribution in [1.29, 1.82) is 0 Å². The molecule has 0 radical (unpaired) electrons. The number of nitrogens with zero attached hydrogens (tertiary/aromatic N) is 5. The van der Waals surface area contributed by atoms with E-state index in [0.717, 1.165) is 29.0 Å². The maximum Gasteiger partial charge on any atom is 0.573 e. The van der Waals surface area contributed by atoms with Crippen molar-refractivity contribution < 1.29 is 22.7 Å². The van der Waals surface area contributed by atoms with Crippen LogP contribution in [0.2, 0.25) is 0 Å². The standard InChI is InChI=1S/C33H33F3N6O2S/c1-21(2)28-7-5-6-8-29(28)42-23(4)17-18-45-32(42)39-31(43)38-22(3)19-24-9-11-25(12-10-24)30-37-20-41(40-30)26-13-15-27(16-14-26)44-33(34,35)36/h5-16,19-21,23H,17-18H2,1-4H3,(H,38,43)/b22-19+,39-32?. The number of halogens is 3. The number of para-hydroxylation sites is 1. The van der Waals surface area contributed by atoms with E-state index in [9.17, 15) is 18.0 Å². The number of hydrogen-bond acceptors (Lipinski definition) is 5. The summed E-state index contributed by atoms with van der Waals surface area (Å²) < 4.78 is 42.7. The van der Waals surface area contributed by atoms with Gasteiger partial charge in [-0.2, -0.15) is 4.99 Å². The number of urea groups is 1. The number of carbonyl (C=O) groups excluding carboxylic acids is 1. The molecule has 5 rings (SSSR count). The van der Waals surface area contributed by atoms with E-state index in [1.54, 1.807) is 11.8 Å². The molecule has 0 spiro atoms. The normalized spacial score (nSPS) is 16.7. The van der Waals surface area contributed by atoms with E-state index in [0.29, 0.717) is 28.3 Å². The summed E-state index contributed by atoms with van der Waals surface area (Å²) in [5.41, 5.74) is 5.08. The Labute approximate surface area is 264 Å². The third-order valence-electron chi connectivity index (χ3n) is 7.11. The van der Waals surface area contributed by atoms with Gasteiger partial charge >= 0.3 is 12.4 Å². The zero-order valence-corrected chi connectivity index (χ0v) is 26.1. The molecular formula is C33H33F3N6O2S. The molecule has 12 heteroatoms. The third-order valence-corrected chi connectivity index (χ3v) is 8.10. The minimum Gasteiger partial charge on any atom is -0.406 e. The van der Waals surface area contributed by atoms with Gasteiger partial charge in [-0.25, -0.2) is 14.5 Å². The monoisotopic (exact) mass is 634 g/mol. The molecule has 45 heavy (non-hydrogen) atoms. The average Bonchev–Trinajstić information content (AvgIpc) is 3.47. The second-order valence-corrected chi connectivity index (χ2v) is 12.0. The fourth-order valence-electron chi connectivity index (χ4n) is 4.95. The quantitative estimate of drug-likeness (QED) is 0.220. The van der Waals surface area contributed by atoms with Crippen LogP contribution < -0.4 is 15.0 Å². The second-order valence-electron chi connectivity index (χ2n) is 10.9. The molecule has 1 N–H and O–H groups in total. The molecule has 3 aromatic carbocycles. The lowest BCUT2D eigenvalue weighted by atomic mass is 9.99. The lowest BCUT2D eigenvalue weighted by Gasteiger charge is -2.37. The molecule has 234 valence electrons. The number of allylic oxidation sites excluding steroid dienone is 1. The predicted octanol–water partition coefficient (Wildman–Crippen LogP) is 8.41. The van der Waals surface area contributed by atoms with Gasteiger partial charge in [0, 0.05) is 28.7 Å². The van der Waals surface area contributed by atoms with E-state index in [1.807, 2.05) is 49.4 Å². The molecule has 1 unspecified atom stereocenters. The van der Waals surface area contributed by atoms with Crippen LogP contribution in [0.5, 0.6) is 5.75 Å². The minimum absolute atomic E-state index is 0.215. The van der Waals surface area contributed by atoms with Crippen LogP contribution in [0.4, 0.5) is 23.7 Å². The number of nitrogens with one attached hydrogen (secondary N) is 1. The summed E-state index contributed by atoms with van der Waals surface area (Å²) in [5, 5.41) is 8.01. The first-order valence-corrected chi connectivity index (χ1v) is 15.4. The number of hydrogen-bond donors (Lipinski definition) is 1. The first kappa shape index (κ1) is 31.8. The summed E-state index contributed by atoms with van der Waals surface area (Å²) in [6.07, 6.45) is -0.424. The second kappa shape index (κ2) is 13.6. The van der Waals surface area contributed by atoms with Crippen molar-refractivity contribution in [2.24, 2.45) is 4.99 Å². The number of aromatic nitrogens is 3. The van der Waals surface area contributed by atoms with Gasteiger partial charge in [-0.05, 0) is 73.7 Å². The van der Waals surface area contributed by atoms with E-state index in [2.05, 4.69) is 62.9 Å². The Morgan fingerprint density at radius 3 is 2.49 bits per heavy atom. The highest BCUT2D eigenvalue weighted by Gasteiger charge is 2.31. The lowest BCUT2D eigenvalue weighted by molar-refractivity contribution is -0.274. The molecule has 0 bridgehead atoms. The number of thioether (sulfide) groups is 1. The molecule has 2 amide bonds. The Morgan fingerprint density at radius 1 is 1.09 bits per heavy atom. The third kappa shape index (κ3) is 8.13. The van der Waals surface area contributed by atoms with Crippen molar-refractivity contribution in [3.05, 3.63) is 95.9 Å². The Morgan fingerprint density at radius 2 is 1.80 bits per heavy atom. The maximum atomic E-state index is 13.0. The smallest absolute Gasteiger partial charge is 0.406 e. The Hall–Kier alpha value is -4.58. The van der Waals surface area contributed by atoms with E-state index in [1.165, 1.54) is 40.8 Å². The highest BCUT2D eigenvalue weighted by Crippen LogP contribution is 2.34. The van der Waals surface area contributed by atoms with Gasteiger partial charge in [0.05, 0.1) is 5.69 Å². The van der Waals surface area contributed by atoms with Gasteiger partial charge < -0.3 is 15.0 Å². The number of benzene rings is 3. The van der Waals surface area contributed by atoms with Gasteiger partial charge in [0.25, 0.3) is 0 Å². The Balaban J connectivity index is 1.25. The van der Waals surface area contributed by atoms with Crippen molar-refractivity contribution >= 4 is 34.7 Å². The van der Waals surface area contributed by atoms with Crippen LogP contribution in [0.1, 0.15) is 51.2 Å². The van der Waals surface area contributed by atoms with Crippen molar-refractivity contribution in [1.82, 2.24) is 20.1 Å². The van der Waals surface area contributed by atoms with Crippen molar-refractivity contribution in [2.45, 2.75) is 52.4 Å². The summed E-state index contributed by atoms with van der Waals surface area (Å²) in [6, 6.07) is 20.9. The van der Waals surface area contributed by atoms with E-state index < -0.39 is 12.4 Å². The largest absolute Gasteiger partial charge is 0.573 e. The van der Waals surface area contributed by atoms with Crippen molar-refractivity contribution in [3.8, 4) is 22.8 Å². The number of ether oxygens (including phenoxy) is 1. The number of amidine groups is 1.